The predicted molar refractivity (Wildman–Crippen MR) is 61.2 cm³/mol. The summed E-state index contributed by atoms with van der Waals surface area (Å²) in [5.74, 6) is -1.20. The second-order valence-electron chi connectivity index (χ2n) is 4.42. The number of carbonyl (C=O) groups is 2. The van der Waals surface area contributed by atoms with Crippen LogP contribution in [0.25, 0.3) is 0 Å². The highest BCUT2D eigenvalue weighted by molar-refractivity contribution is 5.84. The first kappa shape index (κ1) is 13.3. The molecule has 0 aromatic carbocycles. The Morgan fingerprint density at radius 3 is 2.89 bits per heavy atom. The summed E-state index contributed by atoms with van der Waals surface area (Å²) in [6.07, 6.45) is 0.0556. The van der Waals surface area contributed by atoms with Crippen LogP contribution in [0.2, 0.25) is 0 Å². The van der Waals surface area contributed by atoms with Crippen molar-refractivity contribution in [3.63, 3.8) is 0 Å². The average molecular weight is 258 g/mol. The summed E-state index contributed by atoms with van der Waals surface area (Å²) >= 11 is 0. The third kappa shape index (κ3) is 3.18. The normalized spacial score (nSPS) is 29.0. The molecule has 2 rings (SSSR count). The third-order valence-electron chi connectivity index (χ3n) is 3.14. The van der Waals surface area contributed by atoms with E-state index in [4.69, 9.17) is 14.6 Å². The Labute approximate surface area is 105 Å². The van der Waals surface area contributed by atoms with Gasteiger partial charge in [-0.15, -0.1) is 0 Å². The van der Waals surface area contributed by atoms with E-state index in [1.165, 1.54) is 4.90 Å². The van der Waals surface area contributed by atoms with Crippen molar-refractivity contribution in [3.05, 3.63) is 0 Å². The van der Waals surface area contributed by atoms with Crippen molar-refractivity contribution >= 4 is 11.9 Å². The molecule has 7 heteroatoms. The van der Waals surface area contributed by atoms with Gasteiger partial charge in [-0.3, -0.25) is 4.79 Å². The largest absolute Gasteiger partial charge is 0.480 e. The first-order chi connectivity index (χ1) is 8.68. The maximum atomic E-state index is 12.1. The summed E-state index contributed by atoms with van der Waals surface area (Å²) in [4.78, 5) is 24.5. The van der Waals surface area contributed by atoms with Gasteiger partial charge in [0, 0.05) is 19.6 Å². The van der Waals surface area contributed by atoms with Gasteiger partial charge in [0.05, 0.1) is 32.3 Å². The zero-order valence-corrected chi connectivity index (χ0v) is 10.1. The lowest BCUT2D eigenvalue weighted by atomic mass is 10.1. The topological polar surface area (TPSA) is 88.1 Å². The van der Waals surface area contributed by atoms with Crippen LogP contribution < -0.4 is 5.32 Å². The number of nitrogens with zero attached hydrogens (tertiary/aromatic N) is 1. The molecule has 2 saturated heterocycles. The van der Waals surface area contributed by atoms with Crippen LogP contribution in [-0.4, -0.2) is 73.5 Å². The number of ether oxygens (including phenoxy) is 2. The van der Waals surface area contributed by atoms with Crippen LogP contribution in [0.4, 0.5) is 0 Å². The molecule has 2 fully saturated rings. The van der Waals surface area contributed by atoms with Crippen LogP contribution in [0, 0.1) is 0 Å². The minimum atomic E-state index is -1.02. The smallest absolute Gasteiger partial charge is 0.328 e. The molecule has 1 amide bonds. The second-order valence-corrected chi connectivity index (χ2v) is 4.42. The van der Waals surface area contributed by atoms with Crippen molar-refractivity contribution < 1.29 is 24.2 Å². The molecule has 2 aliphatic heterocycles. The van der Waals surface area contributed by atoms with E-state index < -0.39 is 12.0 Å². The van der Waals surface area contributed by atoms with E-state index in [1.54, 1.807) is 0 Å². The quantitative estimate of drug-likeness (QED) is 0.652. The maximum absolute atomic E-state index is 12.1. The molecule has 7 nitrogen and oxygen atoms in total. The predicted octanol–water partition coefficient (Wildman–Crippen LogP) is -1.32. The van der Waals surface area contributed by atoms with Crippen LogP contribution in [0.5, 0.6) is 0 Å². The van der Waals surface area contributed by atoms with E-state index in [1.807, 2.05) is 0 Å². The second kappa shape index (κ2) is 6.12. The molecule has 0 aromatic heterocycles. The number of rotatable bonds is 3. The summed E-state index contributed by atoms with van der Waals surface area (Å²) in [7, 11) is 0. The highest BCUT2D eigenvalue weighted by Gasteiger charge is 2.33. The van der Waals surface area contributed by atoms with Gasteiger partial charge in [-0.1, -0.05) is 0 Å². The number of aliphatic carboxylic acids is 1. The molecule has 2 N–H and O–H groups in total. The van der Waals surface area contributed by atoms with Gasteiger partial charge >= 0.3 is 5.97 Å². The number of carboxylic acid groups (broad SMARTS) is 1. The molecule has 0 spiro atoms. The van der Waals surface area contributed by atoms with Crippen LogP contribution in [-0.2, 0) is 19.1 Å². The van der Waals surface area contributed by atoms with Gasteiger partial charge in [0.25, 0.3) is 0 Å². The van der Waals surface area contributed by atoms with Crippen LogP contribution in [0.1, 0.15) is 6.42 Å². The van der Waals surface area contributed by atoms with Gasteiger partial charge in [0.2, 0.25) is 5.91 Å². The van der Waals surface area contributed by atoms with E-state index in [-0.39, 0.29) is 25.0 Å². The average Bonchev–Trinajstić information content (AvgIpc) is 2.40. The number of hydrogen-bond acceptors (Lipinski definition) is 5. The molecule has 2 heterocycles. The third-order valence-corrected chi connectivity index (χ3v) is 3.14. The van der Waals surface area contributed by atoms with Crippen molar-refractivity contribution in [1.29, 1.82) is 0 Å². The number of carbonyl (C=O) groups excluding carboxylic acids is 1. The number of amides is 1. The monoisotopic (exact) mass is 258 g/mol. The summed E-state index contributed by atoms with van der Waals surface area (Å²) in [5.41, 5.74) is 0. The van der Waals surface area contributed by atoms with Crippen molar-refractivity contribution in [1.82, 2.24) is 10.2 Å². The Hall–Kier alpha value is -1.18. The Bertz CT molecular complexity index is 317. The van der Waals surface area contributed by atoms with Crippen molar-refractivity contribution in [3.8, 4) is 0 Å². The molecule has 0 saturated carbocycles. The molecule has 0 aliphatic carbocycles. The van der Waals surface area contributed by atoms with E-state index in [9.17, 15) is 9.59 Å². The lowest BCUT2D eigenvalue weighted by Gasteiger charge is -2.34. The van der Waals surface area contributed by atoms with E-state index in [0.717, 1.165) is 6.54 Å². The Kier molecular flexibility index (Phi) is 4.51. The number of nitrogens with one attached hydrogen (secondary N) is 1. The minimum Gasteiger partial charge on any atom is -0.480 e. The molecule has 0 radical (unpaired) electrons. The van der Waals surface area contributed by atoms with E-state index in [0.29, 0.717) is 26.3 Å². The summed E-state index contributed by atoms with van der Waals surface area (Å²) < 4.78 is 10.5. The first-order valence-electron chi connectivity index (χ1n) is 6.11. The summed E-state index contributed by atoms with van der Waals surface area (Å²) in [6, 6.07) is -0.872. The lowest BCUT2D eigenvalue weighted by Crippen LogP contribution is -2.54. The Balaban J connectivity index is 1.91. The number of carboxylic acids is 1. The minimum absolute atomic E-state index is 0.0604. The standard InChI is InChI=1S/C11H18N2O5/c14-10(5-8-6-12-1-3-18-8)13-2-4-17-7-9(13)11(15)16/h8-9,12H,1-7H2,(H,15,16). The molecule has 0 bridgehead atoms. The fourth-order valence-electron chi connectivity index (χ4n) is 2.17. The zero-order valence-electron chi connectivity index (χ0n) is 10.1. The highest BCUT2D eigenvalue weighted by atomic mass is 16.5. The van der Waals surface area contributed by atoms with Crippen LogP contribution in [0.3, 0.4) is 0 Å². The van der Waals surface area contributed by atoms with Gasteiger partial charge in [-0.05, 0) is 0 Å². The van der Waals surface area contributed by atoms with Gasteiger partial charge in [-0.2, -0.15) is 0 Å². The SMILES string of the molecule is O=C(O)C1COCCN1C(=O)CC1CNCCO1. The Morgan fingerprint density at radius 2 is 2.22 bits per heavy atom. The van der Waals surface area contributed by atoms with Gasteiger partial charge in [0.1, 0.15) is 0 Å². The van der Waals surface area contributed by atoms with Gasteiger partial charge in [0.15, 0.2) is 6.04 Å². The fraction of sp³-hybridized carbons (Fsp3) is 0.818. The van der Waals surface area contributed by atoms with Crippen molar-refractivity contribution in [2.45, 2.75) is 18.6 Å². The molecular formula is C11H18N2O5. The maximum Gasteiger partial charge on any atom is 0.328 e. The lowest BCUT2D eigenvalue weighted by molar-refractivity contribution is -0.159. The first-order valence-corrected chi connectivity index (χ1v) is 6.11. The molecule has 18 heavy (non-hydrogen) atoms. The molecule has 0 aromatic rings. The molecule has 102 valence electrons. The van der Waals surface area contributed by atoms with Crippen LogP contribution in [0.15, 0.2) is 0 Å². The van der Waals surface area contributed by atoms with Crippen molar-refractivity contribution in [2.75, 3.05) is 39.5 Å². The number of morpholine rings is 2. The van der Waals surface area contributed by atoms with Gasteiger partial charge in [-0.25, -0.2) is 4.79 Å². The zero-order chi connectivity index (χ0) is 13.0. The summed E-state index contributed by atoms with van der Waals surface area (Å²) in [6.45, 7) is 2.79. The van der Waals surface area contributed by atoms with Crippen molar-refractivity contribution in [2.24, 2.45) is 0 Å². The van der Waals surface area contributed by atoms with Crippen LogP contribution >= 0.6 is 0 Å². The fourth-order valence-corrected chi connectivity index (χ4v) is 2.17. The Morgan fingerprint density at radius 1 is 1.39 bits per heavy atom. The molecule has 2 aliphatic rings. The molecule has 2 unspecified atom stereocenters. The molecule has 2 atom stereocenters. The van der Waals surface area contributed by atoms with Gasteiger partial charge < -0.3 is 24.8 Å². The highest BCUT2D eigenvalue weighted by Crippen LogP contribution is 2.12. The molecular weight excluding hydrogens is 240 g/mol. The summed E-state index contributed by atoms with van der Waals surface area (Å²) in [5, 5.41) is 12.2. The number of hydrogen-bond donors (Lipinski definition) is 2. The van der Waals surface area contributed by atoms with E-state index >= 15 is 0 Å². The van der Waals surface area contributed by atoms with E-state index in [2.05, 4.69) is 5.32 Å².